The first-order valence-electron chi connectivity index (χ1n) is 7.66. The molecule has 1 aliphatic heterocycles. The Balaban J connectivity index is 2.06. The van der Waals surface area contributed by atoms with E-state index in [-0.39, 0.29) is 12.4 Å². The lowest BCUT2D eigenvalue weighted by molar-refractivity contribution is -0.165. The minimum atomic E-state index is -4.51. The summed E-state index contributed by atoms with van der Waals surface area (Å²) in [5, 5.41) is 0. The number of hydrogen-bond donors (Lipinski definition) is 0. The molecule has 2 aromatic carbocycles. The third kappa shape index (κ3) is 3.70. The zero-order valence-corrected chi connectivity index (χ0v) is 13.3. The maximum absolute atomic E-state index is 13.0. The van der Waals surface area contributed by atoms with E-state index >= 15 is 0 Å². The van der Waals surface area contributed by atoms with Crippen LogP contribution in [0.1, 0.15) is 23.6 Å². The molecule has 3 rings (SSSR count). The Morgan fingerprint density at radius 2 is 1.80 bits per heavy atom. The molecule has 7 heteroatoms. The Hall–Kier alpha value is -2.70. The van der Waals surface area contributed by atoms with Crippen molar-refractivity contribution in [2.75, 3.05) is 6.61 Å². The molecule has 0 saturated carbocycles. The van der Waals surface area contributed by atoms with E-state index in [0.29, 0.717) is 17.7 Å². The molecule has 1 heterocycles. The molecule has 0 bridgehead atoms. The predicted octanol–water partition coefficient (Wildman–Crippen LogP) is 3.96. The van der Waals surface area contributed by atoms with Crippen LogP contribution in [-0.4, -0.2) is 18.9 Å². The molecule has 1 aliphatic rings. The Morgan fingerprint density at radius 3 is 2.52 bits per heavy atom. The minimum Gasteiger partial charge on any atom is -0.460 e. The highest BCUT2D eigenvalue weighted by molar-refractivity contribution is 5.74. The zero-order valence-electron chi connectivity index (χ0n) is 13.3. The van der Waals surface area contributed by atoms with Crippen LogP contribution in [0.25, 0.3) is 0 Å². The maximum Gasteiger partial charge on any atom is 0.416 e. The second-order valence-corrected chi connectivity index (χ2v) is 5.42. The Bertz CT molecular complexity index is 786. The van der Waals surface area contributed by atoms with Gasteiger partial charge in [0.15, 0.2) is 0 Å². The van der Waals surface area contributed by atoms with Gasteiger partial charge in [0.2, 0.25) is 0 Å². The number of esters is 1. The van der Waals surface area contributed by atoms with Gasteiger partial charge in [0.1, 0.15) is 11.5 Å². The van der Waals surface area contributed by atoms with E-state index < -0.39 is 24.0 Å². The molecule has 2 aromatic rings. The predicted molar refractivity (Wildman–Crippen MR) is 82.4 cm³/mol. The highest BCUT2D eigenvalue weighted by Crippen LogP contribution is 2.36. The SMILES string of the molecule is CCOC(=O)C1Oc2ccccc2Cc2ccc(C(F)(F)F)cc2O1. The minimum absolute atomic E-state index is 0.0534. The van der Waals surface area contributed by atoms with Crippen molar-refractivity contribution in [1.82, 2.24) is 0 Å². The third-order valence-electron chi connectivity index (χ3n) is 3.70. The fraction of sp³-hybridized carbons (Fsp3) is 0.278. The Morgan fingerprint density at radius 1 is 1.12 bits per heavy atom. The molecule has 0 N–H and O–H groups in total. The summed E-state index contributed by atoms with van der Waals surface area (Å²) in [6, 6.07) is 10.2. The molecular weight excluding hydrogens is 337 g/mol. The number of para-hydroxylation sites is 1. The summed E-state index contributed by atoms with van der Waals surface area (Å²) >= 11 is 0. The van der Waals surface area contributed by atoms with Gasteiger partial charge >= 0.3 is 18.4 Å². The number of hydrogen-bond acceptors (Lipinski definition) is 4. The van der Waals surface area contributed by atoms with Crippen molar-refractivity contribution in [3.63, 3.8) is 0 Å². The normalized spacial score (nSPS) is 16.4. The van der Waals surface area contributed by atoms with Crippen molar-refractivity contribution < 1.29 is 32.2 Å². The average Bonchev–Trinajstić information content (AvgIpc) is 2.54. The average molecular weight is 352 g/mol. The van der Waals surface area contributed by atoms with Gasteiger partial charge in [-0.05, 0) is 36.2 Å². The van der Waals surface area contributed by atoms with E-state index in [1.165, 1.54) is 6.07 Å². The fourth-order valence-electron chi connectivity index (χ4n) is 2.52. The van der Waals surface area contributed by atoms with Crippen LogP contribution < -0.4 is 9.47 Å². The second kappa shape index (κ2) is 6.66. The summed E-state index contributed by atoms with van der Waals surface area (Å²) in [5.74, 6) is -0.434. The largest absolute Gasteiger partial charge is 0.460 e. The van der Waals surface area contributed by atoms with E-state index in [1.54, 1.807) is 31.2 Å². The van der Waals surface area contributed by atoms with Crippen molar-refractivity contribution in [3.8, 4) is 11.5 Å². The lowest BCUT2D eigenvalue weighted by Crippen LogP contribution is -2.36. The Kier molecular flexibility index (Phi) is 4.57. The van der Waals surface area contributed by atoms with Crippen LogP contribution in [0.5, 0.6) is 11.5 Å². The molecule has 1 unspecified atom stereocenters. The molecule has 0 aliphatic carbocycles. The molecule has 0 fully saturated rings. The number of rotatable bonds is 2. The van der Waals surface area contributed by atoms with Crippen LogP contribution in [0.2, 0.25) is 0 Å². The molecule has 0 spiro atoms. The Labute approximate surface area is 142 Å². The number of halogens is 3. The molecule has 0 saturated heterocycles. The quantitative estimate of drug-likeness (QED) is 0.768. The number of carbonyl (C=O) groups is 1. The van der Waals surface area contributed by atoms with E-state index in [4.69, 9.17) is 14.2 Å². The summed E-state index contributed by atoms with van der Waals surface area (Å²) < 4.78 is 54.8. The molecule has 25 heavy (non-hydrogen) atoms. The summed E-state index contributed by atoms with van der Waals surface area (Å²) in [4.78, 5) is 12.1. The smallest absolute Gasteiger partial charge is 0.416 e. The first kappa shape index (κ1) is 17.1. The number of benzene rings is 2. The summed E-state index contributed by atoms with van der Waals surface area (Å²) in [5.41, 5.74) is 0.405. The van der Waals surface area contributed by atoms with Crippen molar-refractivity contribution in [2.45, 2.75) is 25.8 Å². The maximum atomic E-state index is 13.0. The molecule has 0 aromatic heterocycles. The van der Waals surface area contributed by atoms with Crippen LogP contribution in [0.4, 0.5) is 13.2 Å². The van der Waals surface area contributed by atoms with Gasteiger partial charge in [-0.1, -0.05) is 24.3 Å². The number of alkyl halides is 3. The van der Waals surface area contributed by atoms with Crippen molar-refractivity contribution in [3.05, 3.63) is 59.2 Å². The first-order valence-corrected chi connectivity index (χ1v) is 7.66. The van der Waals surface area contributed by atoms with E-state index in [9.17, 15) is 18.0 Å². The fourth-order valence-corrected chi connectivity index (χ4v) is 2.52. The summed E-state index contributed by atoms with van der Waals surface area (Å²) in [7, 11) is 0. The molecule has 0 amide bonds. The molecule has 0 radical (unpaired) electrons. The number of fused-ring (bicyclic) bond motifs is 2. The monoisotopic (exact) mass is 352 g/mol. The van der Waals surface area contributed by atoms with Gasteiger partial charge in [-0.25, -0.2) is 4.79 Å². The van der Waals surface area contributed by atoms with Gasteiger partial charge < -0.3 is 14.2 Å². The number of ether oxygens (including phenoxy) is 3. The second-order valence-electron chi connectivity index (χ2n) is 5.42. The van der Waals surface area contributed by atoms with Gasteiger partial charge in [-0.15, -0.1) is 0 Å². The number of carbonyl (C=O) groups excluding carboxylic acids is 1. The summed E-state index contributed by atoms with van der Waals surface area (Å²) in [6.07, 6.45) is -5.68. The van der Waals surface area contributed by atoms with Crippen LogP contribution in [0.3, 0.4) is 0 Å². The standard InChI is InChI=1S/C18H15F3O4/c1-2-23-16(22)17-24-14-6-4-3-5-11(14)9-12-7-8-13(18(19,20)21)10-15(12)25-17/h3-8,10,17H,2,9H2,1H3. The molecular formula is C18H15F3O4. The van der Waals surface area contributed by atoms with Gasteiger partial charge in [0, 0.05) is 6.42 Å². The van der Waals surface area contributed by atoms with E-state index in [1.807, 2.05) is 0 Å². The van der Waals surface area contributed by atoms with Crippen LogP contribution >= 0.6 is 0 Å². The van der Waals surface area contributed by atoms with Crippen molar-refractivity contribution in [2.24, 2.45) is 0 Å². The van der Waals surface area contributed by atoms with Crippen molar-refractivity contribution >= 4 is 5.97 Å². The van der Waals surface area contributed by atoms with Crippen molar-refractivity contribution in [1.29, 1.82) is 0 Å². The van der Waals surface area contributed by atoms with Gasteiger partial charge in [0.05, 0.1) is 12.2 Å². The van der Waals surface area contributed by atoms with Crippen LogP contribution in [0.15, 0.2) is 42.5 Å². The lowest BCUT2D eigenvalue weighted by atomic mass is 10.0. The van der Waals surface area contributed by atoms with E-state index in [2.05, 4.69) is 0 Å². The van der Waals surface area contributed by atoms with Crippen LogP contribution in [-0.2, 0) is 22.1 Å². The zero-order chi connectivity index (χ0) is 18.0. The summed E-state index contributed by atoms with van der Waals surface area (Å²) in [6.45, 7) is 1.71. The van der Waals surface area contributed by atoms with Gasteiger partial charge in [-0.3, -0.25) is 0 Å². The highest BCUT2D eigenvalue weighted by Gasteiger charge is 2.33. The van der Waals surface area contributed by atoms with Gasteiger partial charge in [0.25, 0.3) is 0 Å². The highest BCUT2D eigenvalue weighted by atomic mass is 19.4. The van der Waals surface area contributed by atoms with E-state index in [0.717, 1.165) is 17.7 Å². The molecule has 4 nitrogen and oxygen atoms in total. The topological polar surface area (TPSA) is 44.8 Å². The molecule has 1 atom stereocenters. The van der Waals surface area contributed by atoms with Crippen LogP contribution in [0, 0.1) is 0 Å². The molecule has 132 valence electrons. The van der Waals surface area contributed by atoms with Gasteiger partial charge in [-0.2, -0.15) is 13.2 Å². The third-order valence-corrected chi connectivity index (χ3v) is 3.70. The first-order chi connectivity index (χ1) is 11.9. The lowest BCUT2D eigenvalue weighted by Gasteiger charge is -2.25.